The summed E-state index contributed by atoms with van der Waals surface area (Å²) in [4.78, 5) is 21.0. The third-order valence-electron chi connectivity index (χ3n) is 1.18. The van der Waals surface area contributed by atoms with Crippen LogP contribution in [-0.2, 0) is 14.3 Å². The van der Waals surface area contributed by atoms with Crippen LogP contribution in [0.4, 0.5) is 0 Å². The number of hydrogen-bond acceptors (Lipinski definition) is 3. The molecule has 0 heterocycles. The minimum atomic E-state index is -0.752. The minimum Gasteiger partial charge on any atom is -0.452 e. The number of ether oxygens (including phenoxy) is 1. The van der Waals surface area contributed by atoms with Crippen molar-refractivity contribution in [1.29, 1.82) is 0 Å². The van der Waals surface area contributed by atoms with E-state index in [1.54, 1.807) is 0 Å². The Hall–Kier alpha value is -1.06. The summed E-state index contributed by atoms with van der Waals surface area (Å²) in [5, 5.41) is 0. The lowest BCUT2D eigenvalue weighted by Gasteiger charge is -2.11. The van der Waals surface area contributed by atoms with Crippen molar-refractivity contribution in [3.05, 3.63) is 0 Å². The van der Waals surface area contributed by atoms with Gasteiger partial charge in [-0.25, -0.2) is 0 Å². The standard InChI is InChI=1S/C7H13NO3/c1-3-4-6(7(8)10)11-5(2)9/h6H,3-4H2,1-2H3,(H2,8,10). The molecule has 0 radical (unpaired) electrons. The molecule has 0 saturated heterocycles. The van der Waals surface area contributed by atoms with Crippen LogP contribution in [0.15, 0.2) is 0 Å². The Balaban J connectivity index is 3.89. The van der Waals surface area contributed by atoms with Crippen molar-refractivity contribution in [2.45, 2.75) is 32.8 Å². The second kappa shape index (κ2) is 4.71. The largest absolute Gasteiger partial charge is 0.452 e. The summed E-state index contributed by atoms with van der Waals surface area (Å²) in [7, 11) is 0. The van der Waals surface area contributed by atoms with Gasteiger partial charge in [0.1, 0.15) is 0 Å². The van der Waals surface area contributed by atoms with Crippen LogP contribution in [0.5, 0.6) is 0 Å². The number of amides is 1. The van der Waals surface area contributed by atoms with Crippen molar-refractivity contribution in [3.8, 4) is 0 Å². The summed E-state index contributed by atoms with van der Waals surface area (Å²) in [5.74, 6) is -1.05. The lowest BCUT2D eigenvalue weighted by atomic mass is 10.2. The molecule has 0 spiro atoms. The third kappa shape index (κ3) is 4.36. The third-order valence-corrected chi connectivity index (χ3v) is 1.18. The Labute approximate surface area is 65.7 Å². The first-order valence-electron chi connectivity index (χ1n) is 3.54. The van der Waals surface area contributed by atoms with Crippen molar-refractivity contribution >= 4 is 11.9 Å². The average molecular weight is 159 g/mol. The molecule has 0 aromatic heterocycles. The lowest BCUT2D eigenvalue weighted by Crippen LogP contribution is -2.32. The molecular weight excluding hydrogens is 146 g/mol. The van der Waals surface area contributed by atoms with Crippen LogP contribution >= 0.6 is 0 Å². The van der Waals surface area contributed by atoms with Gasteiger partial charge in [-0.3, -0.25) is 9.59 Å². The van der Waals surface area contributed by atoms with Gasteiger partial charge in [0.2, 0.25) is 0 Å². The lowest BCUT2D eigenvalue weighted by molar-refractivity contribution is -0.153. The van der Waals surface area contributed by atoms with Gasteiger partial charge in [0.25, 0.3) is 5.91 Å². The molecule has 64 valence electrons. The molecule has 0 aromatic rings. The first-order valence-corrected chi connectivity index (χ1v) is 3.54. The fraction of sp³-hybridized carbons (Fsp3) is 0.714. The van der Waals surface area contributed by atoms with Gasteiger partial charge in [0.05, 0.1) is 0 Å². The molecule has 1 unspecified atom stereocenters. The summed E-state index contributed by atoms with van der Waals surface area (Å²) in [6, 6.07) is 0. The Bertz CT molecular complexity index is 156. The predicted octanol–water partition coefficient (Wildman–Crippen LogP) is 0.203. The van der Waals surface area contributed by atoms with E-state index in [4.69, 9.17) is 5.73 Å². The van der Waals surface area contributed by atoms with E-state index < -0.39 is 18.0 Å². The molecular formula is C7H13NO3. The summed E-state index contributed by atoms with van der Waals surface area (Å²) >= 11 is 0. The number of nitrogens with two attached hydrogens (primary N) is 1. The number of carbonyl (C=O) groups is 2. The smallest absolute Gasteiger partial charge is 0.303 e. The molecule has 0 aromatic carbocycles. The Morgan fingerprint density at radius 1 is 1.55 bits per heavy atom. The van der Waals surface area contributed by atoms with Gasteiger partial charge in [-0.05, 0) is 6.42 Å². The van der Waals surface area contributed by atoms with Crippen LogP contribution in [0.25, 0.3) is 0 Å². The number of rotatable bonds is 4. The Morgan fingerprint density at radius 2 is 2.09 bits per heavy atom. The van der Waals surface area contributed by atoms with E-state index in [9.17, 15) is 9.59 Å². The SMILES string of the molecule is CCCC(OC(C)=O)C(N)=O. The summed E-state index contributed by atoms with van der Waals surface area (Å²) in [6.07, 6.45) is 0.507. The van der Waals surface area contributed by atoms with Crippen molar-refractivity contribution in [3.63, 3.8) is 0 Å². The zero-order valence-corrected chi connectivity index (χ0v) is 6.79. The van der Waals surface area contributed by atoms with Gasteiger partial charge in [-0.2, -0.15) is 0 Å². The first kappa shape index (κ1) is 9.94. The van der Waals surface area contributed by atoms with Crippen molar-refractivity contribution in [2.24, 2.45) is 5.73 Å². The fourth-order valence-corrected chi connectivity index (χ4v) is 0.722. The molecule has 0 rings (SSSR count). The van der Waals surface area contributed by atoms with E-state index in [0.717, 1.165) is 6.42 Å². The maximum absolute atomic E-state index is 10.6. The van der Waals surface area contributed by atoms with Crippen molar-refractivity contribution in [1.82, 2.24) is 0 Å². The van der Waals surface area contributed by atoms with Crippen LogP contribution in [0.1, 0.15) is 26.7 Å². The van der Waals surface area contributed by atoms with Crippen molar-refractivity contribution in [2.75, 3.05) is 0 Å². The van der Waals surface area contributed by atoms with Crippen LogP contribution in [0.3, 0.4) is 0 Å². The molecule has 0 saturated carbocycles. The van der Waals surface area contributed by atoms with Crippen LogP contribution in [0, 0.1) is 0 Å². The number of hydrogen-bond donors (Lipinski definition) is 1. The van der Waals surface area contributed by atoms with Crippen LogP contribution < -0.4 is 5.73 Å². The van der Waals surface area contributed by atoms with Gasteiger partial charge in [-0.1, -0.05) is 13.3 Å². The quantitative estimate of drug-likeness (QED) is 0.596. The monoisotopic (exact) mass is 159 g/mol. The molecule has 0 aliphatic rings. The first-order chi connectivity index (χ1) is 5.07. The van der Waals surface area contributed by atoms with Gasteiger partial charge in [0, 0.05) is 6.92 Å². The normalized spacial score (nSPS) is 12.2. The maximum atomic E-state index is 10.6. The van der Waals surface area contributed by atoms with E-state index in [2.05, 4.69) is 4.74 Å². The molecule has 2 N–H and O–H groups in total. The van der Waals surface area contributed by atoms with E-state index >= 15 is 0 Å². The van der Waals surface area contributed by atoms with E-state index in [1.807, 2.05) is 6.92 Å². The van der Waals surface area contributed by atoms with Gasteiger partial charge in [0.15, 0.2) is 6.10 Å². The van der Waals surface area contributed by atoms with E-state index in [0.29, 0.717) is 6.42 Å². The maximum Gasteiger partial charge on any atom is 0.303 e. The van der Waals surface area contributed by atoms with Crippen LogP contribution in [0.2, 0.25) is 0 Å². The highest BCUT2D eigenvalue weighted by atomic mass is 16.5. The van der Waals surface area contributed by atoms with Gasteiger partial charge in [-0.15, -0.1) is 0 Å². The highest BCUT2D eigenvalue weighted by Gasteiger charge is 2.16. The fourth-order valence-electron chi connectivity index (χ4n) is 0.722. The molecule has 0 fully saturated rings. The average Bonchev–Trinajstić information content (AvgIpc) is 1.86. The zero-order chi connectivity index (χ0) is 8.85. The van der Waals surface area contributed by atoms with Gasteiger partial charge >= 0.3 is 5.97 Å². The summed E-state index contributed by atoms with van der Waals surface area (Å²) < 4.78 is 4.64. The Kier molecular flexibility index (Phi) is 4.26. The Morgan fingerprint density at radius 3 is 2.36 bits per heavy atom. The molecule has 4 heteroatoms. The molecule has 4 nitrogen and oxygen atoms in total. The summed E-state index contributed by atoms with van der Waals surface area (Å²) in [5.41, 5.74) is 4.95. The minimum absolute atomic E-state index is 0.470. The number of primary amides is 1. The van der Waals surface area contributed by atoms with Crippen LogP contribution in [-0.4, -0.2) is 18.0 Å². The highest BCUT2D eigenvalue weighted by Crippen LogP contribution is 2.01. The highest BCUT2D eigenvalue weighted by molar-refractivity contribution is 5.81. The van der Waals surface area contributed by atoms with E-state index in [-0.39, 0.29) is 0 Å². The second-order valence-electron chi connectivity index (χ2n) is 2.29. The zero-order valence-electron chi connectivity index (χ0n) is 6.79. The molecule has 0 aliphatic heterocycles. The van der Waals surface area contributed by atoms with E-state index in [1.165, 1.54) is 6.92 Å². The molecule has 1 atom stereocenters. The molecule has 1 amide bonds. The topological polar surface area (TPSA) is 69.4 Å². The summed E-state index contributed by atoms with van der Waals surface area (Å²) in [6.45, 7) is 3.14. The second-order valence-corrected chi connectivity index (χ2v) is 2.29. The molecule has 11 heavy (non-hydrogen) atoms. The molecule has 0 bridgehead atoms. The van der Waals surface area contributed by atoms with Crippen molar-refractivity contribution < 1.29 is 14.3 Å². The number of esters is 1. The number of carbonyl (C=O) groups excluding carboxylic acids is 2. The predicted molar refractivity (Wildman–Crippen MR) is 39.7 cm³/mol. The van der Waals surface area contributed by atoms with Gasteiger partial charge < -0.3 is 10.5 Å². The molecule has 0 aliphatic carbocycles.